The van der Waals surface area contributed by atoms with Crippen LogP contribution in [0.5, 0.6) is 5.88 Å². The van der Waals surface area contributed by atoms with Crippen molar-refractivity contribution in [3.8, 4) is 5.88 Å². The third-order valence-electron chi connectivity index (χ3n) is 4.78. The lowest BCUT2D eigenvalue weighted by molar-refractivity contribution is 0.242. The Labute approximate surface area is 119 Å². The van der Waals surface area contributed by atoms with Gasteiger partial charge in [0, 0.05) is 17.1 Å². The summed E-state index contributed by atoms with van der Waals surface area (Å²) in [5, 5.41) is 11.1. The highest BCUT2D eigenvalue weighted by molar-refractivity contribution is 6.01. The van der Waals surface area contributed by atoms with E-state index in [2.05, 4.69) is 18.8 Å². The van der Waals surface area contributed by atoms with Gasteiger partial charge in [-0.25, -0.2) is 0 Å². The number of aromatic nitrogens is 1. The van der Waals surface area contributed by atoms with Crippen LogP contribution in [-0.2, 0) is 0 Å². The monoisotopic (exact) mass is 270 g/mol. The lowest BCUT2D eigenvalue weighted by Gasteiger charge is -2.31. The number of benzene rings is 1. The molecule has 0 radical (unpaired) electrons. The van der Waals surface area contributed by atoms with Crippen molar-refractivity contribution in [2.45, 2.75) is 39.2 Å². The second-order valence-electron chi connectivity index (χ2n) is 6.05. The quantitative estimate of drug-likeness (QED) is 0.792. The molecule has 3 nitrogen and oxygen atoms in total. The molecule has 0 unspecified atom stereocenters. The Morgan fingerprint density at radius 1 is 1.25 bits per heavy atom. The summed E-state index contributed by atoms with van der Waals surface area (Å²) in [6, 6.07) is 8.31. The lowest BCUT2D eigenvalue weighted by Crippen LogP contribution is -2.27. The molecule has 2 aromatic rings. The van der Waals surface area contributed by atoms with Gasteiger partial charge in [0.15, 0.2) is 5.88 Å². The molecular formula is C17H22N2O. The fourth-order valence-electron chi connectivity index (χ4n) is 3.21. The van der Waals surface area contributed by atoms with E-state index in [9.17, 15) is 5.11 Å². The first kappa shape index (κ1) is 13.2. The minimum atomic E-state index is 0.214. The summed E-state index contributed by atoms with van der Waals surface area (Å²) in [5.41, 5.74) is 1.77. The number of para-hydroxylation sites is 1. The highest BCUT2D eigenvalue weighted by Gasteiger charge is 2.26. The molecule has 2 N–H and O–H groups in total. The van der Waals surface area contributed by atoms with Gasteiger partial charge in [-0.3, -0.25) is 4.99 Å². The summed E-state index contributed by atoms with van der Waals surface area (Å²) in [6.45, 7) is 4.61. The Morgan fingerprint density at radius 2 is 2.05 bits per heavy atom. The van der Waals surface area contributed by atoms with Crippen molar-refractivity contribution in [2.24, 2.45) is 16.8 Å². The molecule has 0 spiro atoms. The molecule has 20 heavy (non-hydrogen) atoms. The topological polar surface area (TPSA) is 48.4 Å². The molecule has 1 saturated carbocycles. The largest absolute Gasteiger partial charge is 0.494 e. The molecule has 3 heteroatoms. The Morgan fingerprint density at radius 3 is 2.90 bits per heavy atom. The van der Waals surface area contributed by atoms with Crippen molar-refractivity contribution >= 4 is 17.1 Å². The molecule has 1 aliphatic carbocycles. The van der Waals surface area contributed by atoms with Crippen molar-refractivity contribution < 1.29 is 5.11 Å². The third-order valence-corrected chi connectivity index (χ3v) is 4.78. The van der Waals surface area contributed by atoms with Gasteiger partial charge in [-0.1, -0.05) is 44.9 Å². The molecule has 0 amide bonds. The van der Waals surface area contributed by atoms with Gasteiger partial charge in [0.25, 0.3) is 0 Å². The highest BCUT2D eigenvalue weighted by atomic mass is 16.3. The smallest absolute Gasteiger partial charge is 0.198 e. The van der Waals surface area contributed by atoms with E-state index >= 15 is 0 Å². The zero-order chi connectivity index (χ0) is 14.1. The number of H-pyrrole nitrogens is 1. The van der Waals surface area contributed by atoms with E-state index in [4.69, 9.17) is 4.99 Å². The lowest BCUT2D eigenvalue weighted by atomic mass is 9.78. The highest BCUT2D eigenvalue weighted by Crippen LogP contribution is 2.32. The van der Waals surface area contributed by atoms with Crippen LogP contribution in [0.2, 0.25) is 0 Å². The number of aromatic amines is 1. The maximum absolute atomic E-state index is 10.0. The number of rotatable bonds is 2. The fourth-order valence-corrected chi connectivity index (χ4v) is 3.21. The van der Waals surface area contributed by atoms with E-state index in [1.807, 2.05) is 30.5 Å². The first-order chi connectivity index (χ1) is 9.66. The first-order valence-electron chi connectivity index (χ1n) is 7.49. The van der Waals surface area contributed by atoms with Crippen LogP contribution in [0.4, 0.5) is 0 Å². The maximum atomic E-state index is 10.0. The van der Waals surface area contributed by atoms with Gasteiger partial charge >= 0.3 is 0 Å². The second kappa shape index (κ2) is 5.31. The molecule has 3 atom stereocenters. The Kier molecular flexibility index (Phi) is 3.51. The Hall–Kier alpha value is -1.77. The van der Waals surface area contributed by atoms with Gasteiger partial charge in [-0.2, -0.15) is 0 Å². The average Bonchev–Trinajstić information content (AvgIpc) is 2.76. The van der Waals surface area contributed by atoms with Gasteiger partial charge < -0.3 is 10.1 Å². The number of nitrogens with one attached hydrogen (secondary N) is 1. The third kappa shape index (κ3) is 2.33. The molecule has 1 aliphatic rings. The summed E-state index contributed by atoms with van der Waals surface area (Å²) in [5.74, 6) is 1.57. The summed E-state index contributed by atoms with van der Waals surface area (Å²) >= 11 is 0. The number of fused-ring (bicyclic) bond motifs is 1. The molecule has 1 aromatic heterocycles. The fraction of sp³-hybridized carbons (Fsp3) is 0.471. The van der Waals surface area contributed by atoms with Gasteiger partial charge in [0.05, 0.1) is 11.6 Å². The summed E-state index contributed by atoms with van der Waals surface area (Å²) in [6.07, 6.45) is 5.58. The number of nitrogens with zero attached hydrogens (tertiary/aromatic N) is 1. The van der Waals surface area contributed by atoms with Crippen molar-refractivity contribution in [1.82, 2.24) is 4.98 Å². The molecule has 1 heterocycles. The average molecular weight is 270 g/mol. The summed E-state index contributed by atoms with van der Waals surface area (Å²) in [4.78, 5) is 7.76. The van der Waals surface area contributed by atoms with E-state index in [-0.39, 0.29) is 5.88 Å². The minimum absolute atomic E-state index is 0.214. The normalized spacial score (nSPS) is 27.4. The zero-order valence-corrected chi connectivity index (χ0v) is 12.1. The van der Waals surface area contributed by atoms with Crippen LogP contribution in [0.15, 0.2) is 29.3 Å². The van der Waals surface area contributed by atoms with Crippen LogP contribution >= 0.6 is 0 Å². The molecule has 106 valence electrons. The Bertz CT molecular complexity index is 629. The van der Waals surface area contributed by atoms with Crippen LogP contribution in [0, 0.1) is 11.8 Å². The second-order valence-corrected chi connectivity index (χ2v) is 6.05. The first-order valence-corrected chi connectivity index (χ1v) is 7.49. The number of aliphatic imine (C=N–C) groups is 1. The predicted octanol–water partition coefficient (Wildman–Crippen LogP) is 4.12. The minimum Gasteiger partial charge on any atom is -0.494 e. The van der Waals surface area contributed by atoms with Crippen molar-refractivity contribution in [1.29, 1.82) is 0 Å². The van der Waals surface area contributed by atoms with Gasteiger partial charge in [0.2, 0.25) is 0 Å². The van der Waals surface area contributed by atoms with Crippen LogP contribution in [0.1, 0.15) is 38.7 Å². The van der Waals surface area contributed by atoms with Crippen molar-refractivity contribution in [3.63, 3.8) is 0 Å². The van der Waals surface area contributed by atoms with E-state index < -0.39 is 0 Å². The number of hydrogen-bond acceptors (Lipinski definition) is 2. The van der Waals surface area contributed by atoms with E-state index in [1.54, 1.807) is 0 Å². The predicted molar refractivity (Wildman–Crippen MR) is 83.5 cm³/mol. The van der Waals surface area contributed by atoms with Crippen molar-refractivity contribution in [3.05, 3.63) is 29.8 Å². The molecule has 3 rings (SSSR count). The van der Waals surface area contributed by atoms with Crippen LogP contribution < -0.4 is 0 Å². The number of hydrogen-bond donors (Lipinski definition) is 2. The van der Waals surface area contributed by atoms with Gasteiger partial charge in [-0.15, -0.1) is 0 Å². The van der Waals surface area contributed by atoms with E-state index in [0.717, 1.165) is 28.8 Å². The van der Waals surface area contributed by atoms with Crippen LogP contribution in [0.3, 0.4) is 0 Å². The molecule has 0 saturated heterocycles. The molecule has 1 fully saturated rings. The van der Waals surface area contributed by atoms with Crippen LogP contribution in [-0.4, -0.2) is 22.3 Å². The van der Waals surface area contributed by atoms with Crippen molar-refractivity contribution in [2.75, 3.05) is 0 Å². The number of aromatic hydroxyl groups is 1. The summed E-state index contributed by atoms with van der Waals surface area (Å²) in [7, 11) is 0. The standard InChI is InChI=1S/C17H22N2O/c1-11-6-5-9-15(12(11)2)18-10-14-13-7-3-4-8-16(13)19-17(14)20/h3-4,7-8,10-12,15,19-20H,5-6,9H2,1-2H3/t11-,12+,15+/m1/s1. The molecule has 0 bridgehead atoms. The molecule has 1 aromatic carbocycles. The van der Waals surface area contributed by atoms with Gasteiger partial charge in [0.1, 0.15) is 0 Å². The van der Waals surface area contributed by atoms with E-state index in [0.29, 0.717) is 12.0 Å². The van der Waals surface area contributed by atoms with Gasteiger partial charge in [-0.05, 0) is 24.3 Å². The Balaban J connectivity index is 1.89. The van der Waals surface area contributed by atoms with Crippen LogP contribution in [0.25, 0.3) is 10.9 Å². The SMILES string of the molecule is C[C@H]1[C@H](C)CCC[C@@H]1N=Cc1c(O)[nH]c2ccccc12. The molecule has 0 aliphatic heterocycles. The zero-order valence-electron chi connectivity index (χ0n) is 12.1. The summed E-state index contributed by atoms with van der Waals surface area (Å²) < 4.78 is 0. The maximum Gasteiger partial charge on any atom is 0.198 e. The van der Waals surface area contributed by atoms with E-state index in [1.165, 1.54) is 12.8 Å². The molecular weight excluding hydrogens is 248 g/mol.